The summed E-state index contributed by atoms with van der Waals surface area (Å²) in [5.74, 6) is 2.31. The van der Waals surface area contributed by atoms with Gasteiger partial charge >= 0.3 is 10.3 Å². The molecule has 1 saturated carbocycles. The van der Waals surface area contributed by atoms with Crippen molar-refractivity contribution in [1.82, 2.24) is 14.5 Å². The van der Waals surface area contributed by atoms with Gasteiger partial charge in [0.15, 0.2) is 0 Å². The van der Waals surface area contributed by atoms with Crippen molar-refractivity contribution >= 4 is 21.3 Å². The summed E-state index contributed by atoms with van der Waals surface area (Å²) in [6.07, 6.45) is 9.18. The van der Waals surface area contributed by atoms with Gasteiger partial charge in [-0.25, -0.2) is 15.1 Å². The molecule has 1 fully saturated rings. The zero-order valence-electron chi connectivity index (χ0n) is 13.1. The molecular formula is C15H18N4O4S. The van der Waals surface area contributed by atoms with Crippen molar-refractivity contribution < 1.29 is 17.7 Å². The quantitative estimate of drug-likeness (QED) is 0.763. The van der Waals surface area contributed by atoms with Gasteiger partial charge in [0.05, 0.1) is 29.4 Å². The van der Waals surface area contributed by atoms with Crippen LogP contribution in [-0.2, 0) is 14.5 Å². The van der Waals surface area contributed by atoms with Crippen molar-refractivity contribution in [3.05, 3.63) is 23.8 Å². The van der Waals surface area contributed by atoms with E-state index in [4.69, 9.17) is 11.6 Å². The van der Waals surface area contributed by atoms with Gasteiger partial charge in [-0.15, -0.1) is 6.42 Å². The Kier molecular flexibility index (Phi) is 4.31. The Morgan fingerprint density at radius 2 is 2.25 bits per heavy atom. The van der Waals surface area contributed by atoms with Crippen LogP contribution in [0.15, 0.2) is 12.5 Å². The van der Waals surface area contributed by atoms with E-state index in [0.29, 0.717) is 24.1 Å². The van der Waals surface area contributed by atoms with Gasteiger partial charge < -0.3 is 9.67 Å². The lowest BCUT2D eigenvalue weighted by molar-refractivity contribution is 0.100. The Hall–Kier alpha value is -1.99. The van der Waals surface area contributed by atoms with Crippen LogP contribution in [0.25, 0.3) is 11.0 Å². The van der Waals surface area contributed by atoms with Crippen LogP contribution in [0.4, 0.5) is 0 Å². The fourth-order valence-corrected chi connectivity index (χ4v) is 3.65. The van der Waals surface area contributed by atoms with E-state index in [0.717, 1.165) is 11.1 Å². The van der Waals surface area contributed by atoms with Crippen molar-refractivity contribution in [1.29, 1.82) is 0 Å². The van der Waals surface area contributed by atoms with Gasteiger partial charge in [0.25, 0.3) is 0 Å². The molecule has 8 nitrogen and oxygen atoms in total. The standard InChI is InChI=1S/C15H18N4O4S/c1-3-10-6-19(15-14(10)9(2)17-8-18-15)12-4-11(13(20)5-12)7-23-24(16,21)22/h1,6,8,11-13,20H,4-5,7H2,2H3,(H2,16,21,22)/t11-,12+,13-/m0/s1. The molecule has 0 saturated heterocycles. The van der Waals surface area contributed by atoms with E-state index in [-0.39, 0.29) is 18.6 Å². The molecule has 1 aliphatic carbocycles. The zero-order valence-corrected chi connectivity index (χ0v) is 13.9. The fraction of sp³-hybridized carbons (Fsp3) is 0.467. The van der Waals surface area contributed by atoms with Crippen LogP contribution in [0, 0.1) is 25.2 Å². The van der Waals surface area contributed by atoms with Gasteiger partial charge in [-0.3, -0.25) is 4.18 Å². The Bertz CT molecular complexity index is 915. The van der Waals surface area contributed by atoms with Crippen LogP contribution >= 0.6 is 0 Å². The third kappa shape index (κ3) is 3.14. The van der Waals surface area contributed by atoms with Crippen LogP contribution in [0.1, 0.15) is 30.1 Å². The third-order valence-corrected chi connectivity index (χ3v) is 4.89. The van der Waals surface area contributed by atoms with Gasteiger partial charge in [-0.05, 0) is 19.8 Å². The van der Waals surface area contributed by atoms with Crippen LogP contribution < -0.4 is 5.14 Å². The molecule has 0 bridgehead atoms. The normalized spacial score (nSPS) is 24.3. The molecule has 2 aromatic rings. The van der Waals surface area contributed by atoms with E-state index in [1.807, 2.05) is 17.7 Å². The highest BCUT2D eigenvalue weighted by Crippen LogP contribution is 2.38. The smallest absolute Gasteiger partial charge is 0.333 e. The van der Waals surface area contributed by atoms with Crippen molar-refractivity contribution in [2.45, 2.75) is 31.9 Å². The summed E-state index contributed by atoms with van der Waals surface area (Å²) in [5, 5.41) is 15.9. The average molecular weight is 350 g/mol. The fourth-order valence-electron chi connectivity index (χ4n) is 3.29. The number of fused-ring (bicyclic) bond motifs is 1. The number of terminal acetylenes is 1. The molecule has 0 spiro atoms. The molecule has 2 heterocycles. The Balaban J connectivity index is 1.90. The van der Waals surface area contributed by atoms with Crippen molar-refractivity contribution in [3.63, 3.8) is 0 Å². The second-order valence-electron chi connectivity index (χ2n) is 5.98. The van der Waals surface area contributed by atoms with Crippen molar-refractivity contribution in [3.8, 4) is 12.3 Å². The first-order chi connectivity index (χ1) is 11.3. The summed E-state index contributed by atoms with van der Waals surface area (Å²) < 4.78 is 28.4. The van der Waals surface area contributed by atoms with Crippen molar-refractivity contribution in [2.24, 2.45) is 11.1 Å². The highest BCUT2D eigenvalue weighted by atomic mass is 32.2. The summed E-state index contributed by atoms with van der Waals surface area (Å²) in [5.41, 5.74) is 2.20. The first-order valence-electron chi connectivity index (χ1n) is 7.44. The second kappa shape index (κ2) is 6.14. The van der Waals surface area contributed by atoms with E-state index in [1.165, 1.54) is 6.33 Å². The lowest BCUT2D eigenvalue weighted by atomic mass is 10.1. The monoisotopic (exact) mass is 350 g/mol. The van der Waals surface area contributed by atoms with Crippen molar-refractivity contribution in [2.75, 3.05) is 6.61 Å². The van der Waals surface area contributed by atoms with E-state index < -0.39 is 16.4 Å². The second-order valence-corrected chi connectivity index (χ2v) is 7.20. The molecular weight excluding hydrogens is 332 g/mol. The highest BCUT2D eigenvalue weighted by molar-refractivity contribution is 7.84. The molecule has 9 heteroatoms. The van der Waals surface area contributed by atoms with Crippen LogP contribution in [0.3, 0.4) is 0 Å². The molecule has 3 rings (SSSR count). The SMILES string of the molecule is C#Cc1cn([C@@H]2C[C@@H](COS(N)(=O)=O)[C@@H](O)C2)c2ncnc(C)c12. The number of hydrogen-bond acceptors (Lipinski definition) is 6. The number of nitrogens with two attached hydrogens (primary N) is 1. The number of hydrogen-bond donors (Lipinski definition) is 2. The van der Waals surface area contributed by atoms with Gasteiger partial charge in [-0.1, -0.05) is 5.92 Å². The molecule has 3 atom stereocenters. The minimum atomic E-state index is -4.02. The zero-order chi connectivity index (χ0) is 17.5. The summed E-state index contributed by atoms with van der Waals surface area (Å²) in [7, 11) is -4.02. The van der Waals surface area contributed by atoms with E-state index in [9.17, 15) is 13.5 Å². The molecule has 24 heavy (non-hydrogen) atoms. The predicted molar refractivity (Wildman–Crippen MR) is 87.0 cm³/mol. The summed E-state index contributed by atoms with van der Waals surface area (Å²) in [6, 6.07) is -0.0621. The summed E-state index contributed by atoms with van der Waals surface area (Å²) in [6.45, 7) is 1.72. The number of aromatic nitrogens is 3. The highest BCUT2D eigenvalue weighted by Gasteiger charge is 2.35. The first-order valence-corrected chi connectivity index (χ1v) is 8.91. The minimum absolute atomic E-state index is 0.0621. The number of aryl methyl sites for hydroxylation is 1. The first kappa shape index (κ1) is 16.9. The van der Waals surface area contributed by atoms with Crippen LogP contribution in [-0.4, -0.2) is 40.8 Å². The summed E-state index contributed by atoms with van der Waals surface area (Å²) >= 11 is 0. The lowest BCUT2D eigenvalue weighted by Crippen LogP contribution is -2.24. The maximum absolute atomic E-state index is 10.9. The molecule has 0 unspecified atom stereocenters. The third-order valence-electron chi connectivity index (χ3n) is 4.43. The van der Waals surface area contributed by atoms with E-state index >= 15 is 0 Å². The Morgan fingerprint density at radius 3 is 2.92 bits per heavy atom. The molecule has 0 amide bonds. The number of aliphatic hydroxyl groups excluding tert-OH is 1. The molecule has 2 aromatic heterocycles. The van der Waals surface area contributed by atoms with E-state index in [2.05, 4.69) is 20.1 Å². The topological polar surface area (TPSA) is 120 Å². The van der Waals surface area contributed by atoms with Crippen LogP contribution in [0.5, 0.6) is 0 Å². The molecule has 3 N–H and O–H groups in total. The molecule has 0 aromatic carbocycles. The van der Waals surface area contributed by atoms with Gasteiger partial charge in [0, 0.05) is 18.2 Å². The van der Waals surface area contributed by atoms with Crippen LogP contribution in [0.2, 0.25) is 0 Å². The predicted octanol–water partition coefficient (Wildman–Crippen LogP) is 0.253. The Labute approximate surface area is 139 Å². The van der Waals surface area contributed by atoms with E-state index in [1.54, 1.807) is 0 Å². The summed E-state index contributed by atoms with van der Waals surface area (Å²) in [4.78, 5) is 8.49. The minimum Gasteiger partial charge on any atom is -0.393 e. The number of aliphatic hydroxyl groups is 1. The Morgan fingerprint density at radius 1 is 1.50 bits per heavy atom. The number of nitrogens with zero attached hydrogens (tertiary/aromatic N) is 3. The average Bonchev–Trinajstić information content (AvgIpc) is 3.06. The maximum Gasteiger partial charge on any atom is 0.333 e. The molecule has 0 radical (unpaired) electrons. The number of rotatable bonds is 4. The molecule has 1 aliphatic rings. The van der Waals surface area contributed by atoms with Gasteiger partial charge in [-0.2, -0.15) is 8.42 Å². The maximum atomic E-state index is 10.9. The lowest BCUT2D eigenvalue weighted by Gasteiger charge is -2.14. The van der Waals surface area contributed by atoms with Gasteiger partial charge in [0.1, 0.15) is 12.0 Å². The molecule has 0 aliphatic heterocycles. The van der Waals surface area contributed by atoms with Gasteiger partial charge in [0.2, 0.25) is 0 Å². The largest absolute Gasteiger partial charge is 0.393 e. The molecule has 128 valence electrons.